The maximum Gasteiger partial charge on any atom is 0.0935 e. The maximum absolute atomic E-state index is 9.33. The second-order valence-corrected chi connectivity index (χ2v) is 3.92. The Hall–Kier alpha value is -0.900. The predicted octanol–water partition coefficient (Wildman–Crippen LogP) is 1.57. The number of aliphatic hydroxyl groups is 1. The molecule has 3 heteroatoms. The van der Waals surface area contributed by atoms with Crippen LogP contribution < -0.4 is 0 Å². The number of benzene rings is 1. The summed E-state index contributed by atoms with van der Waals surface area (Å²) in [7, 11) is 0. The lowest BCUT2D eigenvalue weighted by Crippen LogP contribution is -2.35. The van der Waals surface area contributed by atoms with Crippen LogP contribution in [0.25, 0.3) is 0 Å². The van der Waals surface area contributed by atoms with Crippen molar-refractivity contribution >= 4 is 0 Å². The number of hydrogen-bond acceptors (Lipinski definition) is 3. The summed E-state index contributed by atoms with van der Waals surface area (Å²) in [4.78, 5) is 5.64. The van der Waals surface area contributed by atoms with E-state index in [9.17, 15) is 5.11 Å². The van der Waals surface area contributed by atoms with Gasteiger partial charge in [-0.3, -0.25) is 4.84 Å². The predicted molar refractivity (Wildman–Crippen MR) is 58.0 cm³/mol. The zero-order valence-corrected chi connectivity index (χ0v) is 8.80. The van der Waals surface area contributed by atoms with Gasteiger partial charge in [-0.1, -0.05) is 30.3 Å². The quantitative estimate of drug-likeness (QED) is 0.816. The highest BCUT2D eigenvalue weighted by molar-refractivity contribution is 5.13. The third-order valence-corrected chi connectivity index (χ3v) is 2.68. The van der Waals surface area contributed by atoms with Gasteiger partial charge in [-0.25, -0.2) is 0 Å². The topological polar surface area (TPSA) is 32.7 Å². The van der Waals surface area contributed by atoms with Crippen molar-refractivity contribution in [2.24, 2.45) is 0 Å². The molecule has 0 spiro atoms. The highest BCUT2D eigenvalue weighted by Crippen LogP contribution is 2.11. The van der Waals surface area contributed by atoms with Gasteiger partial charge in [-0.2, -0.15) is 5.06 Å². The van der Waals surface area contributed by atoms with Crippen molar-refractivity contribution in [1.29, 1.82) is 0 Å². The third kappa shape index (κ3) is 3.30. The summed E-state index contributed by atoms with van der Waals surface area (Å²) in [6.45, 7) is 2.28. The Morgan fingerprint density at radius 2 is 1.87 bits per heavy atom. The van der Waals surface area contributed by atoms with E-state index in [1.165, 1.54) is 5.56 Å². The number of hydroxylamine groups is 2. The first-order chi connectivity index (χ1) is 7.34. The molecule has 0 radical (unpaired) electrons. The fourth-order valence-electron chi connectivity index (χ4n) is 1.71. The van der Waals surface area contributed by atoms with Crippen molar-refractivity contribution in [1.82, 2.24) is 5.06 Å². The molecule has 1 aliphatic heterocycles. The summed E-state index contributed by atoms with van der Waals surface area (Å²) in [5.74, 6) is 0. The van der Waals surface area contributed by atoms with E-state index in [1.54, 1.807) is 0 Å². The fourth-order valence-corrected chi connectivity index (χ4v) is 1.71. The molecule has 1 heterocycles. The average Bonchev–Trinajstić information content (AvgIpc) is 2.30. The van der Waals surface area contributed by atoms with Gasteiger partial charge in [0.25, 0.3) is 0 Å². The molecule has 3 nitrogen and oxygen atoms in total. The Labute approximate surface area is 90.2 Å². The van der Waals surface area contributed by atoms with Crippen LogP contribution in [0, 0.1) is 0 Å². The standard InChI is InChI=1S/C12H17NO2/c14-12-6-8-13(9-7-12)15-10-11-4-2-1-3-5-11/h1-5,12,14H,6-10H2. The Bertz CT molecular complexity index is 281. The minimum Gasteiger partial charge on any atom is -0.393 e. The van der Waals surface area contributed by atoms with Crippen LogP contribution in [0.3, 0.4) is 0 Å². The van der Waals surface area contributed by atoms with Gasteiger partial charge in [-0.15, -0.1) is 0 Å². The van der Waals surface area contributed by atoms with Gasteiger partial charge in [0.05, 0.1) is 12.7 Å². The largest absolute Gasteiger partial charge is 0.393 e. The molecule has 1 saturated heterocycles. The molecule has 2 rings (SSSR count). The van der Waals surface area contributed by atoms with E-state index in [2.05, 4.69) is 12.1 Å². The Morgan fingerprint density at radius 1 is 1.20 bits per heavy atom. The van der Waals surface area contributed by atoms with Crippen molar-refractivity contribution in [2.45, 2.75) is 25.6 Å². The van der Waals surface area contributed by atoms with Gasteiger partial charge >= 0.3 is 0 Å². The fraction of sp³-hybridized carbons (Fsp3) is 0.500. The molecule has 1 aromatic rings. The molecule has 0 unspecified atom stereocenters. The molecule has 1 fully saturated rings. The minimum atomic E-state index is -0.137. The lowest BCUT2D eigenvalue weighted by Gasteiger charge is -2.28. The van der Waals surface area contributed by atoms with Crippen molar-refractivity contribution in [3.05, 3.63) is 35.9 Å². The smallest absolute Gasteiger partial charge is 0.0935 e. The van der Waals surface area contributed by atoms with Crippen LogP contribution in [-0.2, 0) is 11.4 Å². The molecule has 1 aliphatic rings. The first-order valence-corrected chi connectivity index (χ1v) is 5.44. The van der Waals surface area contributed by atoms with Gasteiger partial charge in [0, 0.05) is 13.1 Å². The zero-order valence-electron chi connectivity index (χ0n) is 8.80. The highest BCUT2D eigenvalue weighted by Gasteiger charge is 2.17. The van der Waals surface area contributed by atoms with E-state index >= 15 is 0 Å². The van der Waals surface area contributed by atoms with Crippen molar-refractivity contribution in [3.8, 4) is 0 Å². The molecule has 0 aliphatic carbocycles. The summed E-state index contributed by atoms with van der Waals surface area (Å²) in [5.41, 5.74) is 1.18. The second-order valence-electron chi connectivity index (χ2n) is 3.92. The van der Waals surface area contributed by atoms with Crippen molar-refractivity contribution < 1.29 is 9.94 Å². The highest BCUT2D eigenvalue weighted by atomic mass is 16.7. The van der Waals surface area contributed by atoms with Gasteiger partial charge in [0.1, 0.15) is 0 Å². The van der Waals surface area contributed by atoms with Crippen LogP contribution in [-0.4, -0.2) is 29.4 Å². The number of piperidine rings is 1. The Morgan fingerprint density at radius 3 is 2.53 bits per heavy atom. The lowest BCUT2D eigenvalue weighted by molar-refractivity contribution is -0.188. The summed E-state index contributed by atoms with van der Waals surface area (Å²) in [5, 5.41) is 11.3. The van der Waals surface area contributed by atoms with E-state index in [4.69, 9.17) is 4.84 Å². The molecular weight excluding hydrogens is 190 g/mol. The van der Waals surface area contributed by atoms with Crippen molar-refractivity contribution in [2.75, 3.05) is 13.1 Å². The van der Waals surface area contributed by atoms with E-state index in [0.29, 0.717) is 6.61 Å². The molecule has 1 N–H and O–H groups in total. The van der Waals surface area contributed by atoms with Gasteiger partial charge in [0.15, 0.2) is 0 Å². The van der Waals surface area contributed by atoms with Crippen LogP contribution >= 0.6 is 0 Å². The van der Waals surface area contributed by atoms with Crippen LogP contribution in [0.15, 0.2) is 30.3 Å². The van der Waals surface area contributed by atoms with Crippen LogP contribution in [0.1, 0.15) is 18.4 Å². The maximum atomic E-state index is 9.33. The molecular formula is C12H17NO2. The molecule has 0 aromatic heterocycles. The molecule has 82 valence electrons. The molecule has 1 aromatic carbocycles. The molecule has 15 heavy (non-hydrogen) atoms. The van der Waals surface area contributed by atoms with Gasteiger partial charge < -0.3 is 5.11 Å². The third-order valence-electron chi connectivity index (χ3n) is 2.68. The van der Waals surface area contributed by atoms with Gasteiger partial charge in [-0.05, 0) is 18.4 Å². The van der Waals surface area contributed by atoms with Crippen LogP contribution in [0.4, 0.5) is 0 Å². The van der Waals surface area contributed by atoms with Crippen LogP contribution in [0.2, 0.25) is 0 Å². The molecule has 0 amide bonds. The van der Waals surface area contributed by atoms with Crippen LogP contribution in [0.5, 0.6) is 0 Å². The first kappa shape index (κ1) is 10.6. The van der Waals surface area contributed by atoms with E-state index in [0.717, 1.165) is 25.9 Å². The Balaban J connectivity index is 1.74. The average molecular weight is 207 g/mol. The first-order valence-electron chi connectivity index (χ1n) is 5.44. The monoisotopic (exact) mass is 207 g/mol. The minimum absolute atomic E-state index is 0.137. The van der Waals surface area contributed by atoms with E-state index in [-0.39, 0.29) is 6.10 Å². The molecule has 0 bridgehead atoms. The summed E-state index contributed by atoms with van der Waals surface area (Å²) in [6, 6.07) is 10.1. The number of hydrogen-bond donors (Lipinski definition) is 1. The summed E-state index contributed by atoms with van der Waals surface area (Å²) in [6.07, 6.45) is 1.49. The molecule has 0 atom stereocenters. The zero-order chi connectivity index (χ0) is 10.5. The van der Waals surface area contributed by atoms with E-state index in [1.807, 2.05) is 23.3 Å². The van der Waals surface area contributed by atoms with Crippen molar-refractivity contribution in [3.63, 3.8) is 0 Å². The number of rotatable bonds is 3. The Kier molecular flexibility index (Phi) is 3.72. The normalized spacial score (nSPS) is 19.3. The second kappa shape index (κ2) is 5.26. The SMILES string of the molecule is OC1CCN(OCc2ccccc2)CC1. The summed E-state index contributed by atoms with van der Waals surface area (Å²) < 4.78 is 0. The van der Waals surface area contributed by atoms with Gasteiger partial charge in [0.2, 0.25) is 0 Å². The lowest BCUT2D eigenvalue weighted by atomic mass is 10.1. The summed E-state index contributed by atoms with van der Waals surface area (Å²) >= 11 is 0. The molecule has 0 saturated carbocycles. The van der Waals surface area contributed by atoms with E-state index < -0.39 is 0 Å². The number of aliphatic hydroxyl groups excluding tert-OH is 1. The number of nitrogens with zero attached hydrogens (tertiary/aromatic N) is 1.